The van der Waals surface area contributed by atoms with Crippen LogP contribution in [0.4, 0.5) is 18.9 Å². The average molecular weight is 400 g/mol. The number of rotatable bonds is 5. The topological polar surface area (TPSA) is 55.4 Å². The molecule has 2 rings (SSSR count). The Bertz CT molecular complexity index is 835. The molecule has 4 nitrogen and oxygen atoms in total. The number of ether oxygens (including phenoxy) is 1. The minimum atomic E-state index is -4.58. The quantitative estimate of drug-likeness (QED) is 0.711. The highest BCUT2D eigenvalue weighted by atomic mass is 35.5. The van der Waals surface area contributed by atoms with Crippen molar-refractivity contribution < 1.29 is 27.5 Å². The summed E-state index contributed by atoms with van der Waals surface area (Å²) in [4.78, 5) is 24.3. The van der Waals surface area contributed by atoms with Gasteiger partial charge in [-0.05, 0) is 49.2 Å². The van der Waals surface area contributed by atoms with Gasteiger partial charge in [-0.3, -0.25) is 4.79 Å². The number of esters is 1. The predicted molar refractivity (Wildman–Crippen MR) is 95.8 cm³/mol. The van der Waals surface area contributed by atoms with E-state index in [1.54, 1.807) is 24.3 Å². The van der Waals surface area contributed by atoms with Crippen LogP contribution < -0.4 is 5.32 Å². The number of halogens is 4. The molecule has 8 heteroatoms. The van der Waals surface area contributed by atoms with E-state index < -0.39 is 29.7 Å². The monoisotopic (exact) mass is 399 g/mol. The number of alkyl halides is 3. The summed E-state index contributed by atoms with van der Waals surface area (Å²) in [7, 11) is 0. The van der Waals surface area contributed by atoms with E-state index in [0.29, 0.717) is 0 Å². The number of hydrogen-bond acceptors (Lipinski definition) is 3. The first-order valence-corrected chi connectivity index (χ1v) is 8.47. The Labute approximate surface area is 159 Å². The fraction of sp³-hybridized carbons (Fsp3) is 0.263. The minimum absolute atomic E-state index is 0.0648. The van der Waals surface area contributed by atoms with Crippen molar-refractivity contribution in [3.63, 3.8) is 0 Å². The van der Waals surface area contributed by atoms with Crippen LogP contribution in [0.3, 0.4) is 0 Å². The normalized spacial score (nSPS) is 12.4. The molecule has 0 aliphatic rings. The summed E-state index contributed by atoms with van der Waals surface area (Å²) in [6, 6.07) is 9.25. The van der Waals surface area contributed by atoms with E-state index in [1.807, 2.05) is 6.92 Å². The van der Waals surface area contributed by atoms with Crippen LogP contribution in [0.15, 0.2) is 42.5 Å². The summed E-state index contributed by atoms with van der Waals surface area (Å²) in [5.74, 6) is -1.51. The van der Waals surface area contributed by atoms with Crippen molar-refractivity contribution in [3.05, 3.63) is 64.2 Å². The van der Waals surface area contributed by atoms with Crippen LogP contribution in [0.2, 0.25) is 5.02 Å². The van der Waals surface area contributed by atoms with Gasteiger partial charge in [0, 0.05) is 0 Å². The summed E-state index contributed by atoms with van der Waals surface area (Å²) in [6.45, 7) is 3.29. The number of benzene rings is 2. The van der Waals surface area contributed by atoms with Gasteiger partial charge in [0.2, 0.25) is 0 Å². The van der Waals surface area contributed by atoms with Crippen molar-refractivity contribution in [2.75, 3.05) is 5.32 Å². The molecule has 0 aromatic heterocycles. The van der Waals surface area contributed by atoms with E-state index in [0.717, 1.165) is 30.2 Å². The second kappa shape index (κ2) is 8.43. The van der Waals surface area contributed by atoms with Crippen LogP contribution in [0, 0.1) is 0 Å². The Kier molecular flexibility index (Phi) is 6.49. The SMILES string of the molecule is CCc1ccc(C(=O)O[C@H](C)C(=O)Nc2cc(C(F)(F)F)ccc2Cl)cc1. The van der Waals surface area contributed by atoms with Crippen LogP contribution >= 0.6 is 11.6 Å². The summed E-state index contributed by atoms with van der Waals surface area (Å²) in [6.07, 6.45) is -4.99. The van der Waals surface area contributed by atoms with Gasteiger partial charge in [-0.15, -0.1) is 0 Å². The zero-order chi connectivity index (χ0) is 20.2. The number of aryl methyl sites for hydroxylation is 1. The molecule has 144 valence electrons. The summed E-state index contributed by atoms with van der Waals surface area (Å²) in [5, 5.41) is 2.18. The molecule has 1 atom stereocenters. The number of anilines is 1. The molecule has 2 aromatic carbocycles. The Morgan fingerprint density at radius 2 is 1.78 bits per heavy atom. The molecular formula is C19H17ClF3NO3. The number of carbonyl (C=O) groups excluding carboxylic acids is 2. The molecule has 1 N–H and O–H groups in total. The third-order valence-corrected chi connectivity index (χ3v) is 4.13. The first-order valence-electron chi connectivity index (χ1n) is 8.09. The molecule has 0 unspecified atom stereocenters. The van der Waals surface area contributed by atoms with Crippen LogP contribution in [-0.4, -0.2) is 18.0 Å². The largest absolute Gasteiger partial charge is 0.449 e. The summed E-state index contributed by atoms with van der Waals surface area (Å²) < 4.78 is 43.4. The molecule has 2 aromatic rings. The molecule has 0 aliphatic carbocycles. The van der Waals surface area contributed by atoms with Crippen molar-refractivity contribution in [2.45, 2.75) is 32.5 Å². The fourth-order valence-electron chi connectivity index (χ4n) is 2.19. The first-order chi connectivity index (χ1) is 12.6. The Morgan fingerprint density at radius 1 is 1.15 bits per heavy atom. The average Bonchev–Trinajstić information content (AvgIpc) is 2.62. The highest BCUT2D eigenvalue weighted by Gasteiger charge is 2.31. The highest BCUT2D eigenvalue weighted by molar-refractivity contribution is 6.33. The zero-order valence-corrected chi connectivity index (χ0v) is 15.3. The third-order valence-electron chi connectivity index (χ3n) is 3.80. The lowest BCUT2D eigenvalue weighted by atomic mass is 10.1. The van der Waals surface area contributed by atoms with E-state index in [9.17, 15) is 22.8 Å². The maximum atomic E-state index is 12.8. The highest BCUT2D eigenvalue weighted by Crippen LogP contribution is 2.33. The molecule has 0 saturated carbocycles. The molecule has 1 amide bonds. The second-order valence-corrected chi connectivity index (χ2v) is 6.19. The van der Waals surface area contributed by atoms with E-state index in [2.05, 4.69) is 5.32 Å². The number of amides is 1. The first kappa shape index (κ1) is 20.8. The maximum Gasteiger partial charge on any atom is 0.416 e. The van der Waals surface area contributed by atoms with Gasteiger partial charge in [0.25, 0.3) is 5.91 Å². The van der Waals surface area contributed by atoms with Crippen molar-refractivity contribution in [1.82, 2.24) is 0 Å². The molecule has 27 heavy (non-hydrogen) atoms. The van der Waals surface area contributed by atoms with Crippen LogP contribution in [0.25, 0.3) is 0 Å². The van der Waals surface area contributed by atoms with Crippen molar-refractivity contribution in [2.24, 2.45) is 0 Å². The molecule has 0 spiro atoms. The van der Waals surface area contributed by atoms with E-state index in [1.165, 1.54) is 6.92 Å². The lowest BCUT2D eigenvalue weighted by molar-refractivity contribution is -0.137. The molecule has 0 saturated heterocycles. The molecular weight excluding hydrogens is 383 g/mol. The van der Waals surface area contributed by atoms with Crippen LogP contribution in [-0.2, 0) is 22.1 Å². The second-order valence-electron chi connectivity index (χ2n) is 5.78. The van der Waals surface area contributed by atoms with Crippen molar-refractivity contribution >= 4 is 29.2 Å². The summed E-state index contributed by atoms with van der Waals surface area (Å²) in [5.41, 5.74) is 0.134. The Hall–Kier alpha value is -2.54. The van der Waals surface area contributed by atoms with Crippen LogP contribution in [0.1, 0.15) is 35.3 Å². The maximum absolute atomic E-state index is 12.8. The molecule has 0 fully saturated rings. The number of carbonyl (C=O) groups is 2. The summed E-state index contributed by atoms with van der Waals surface area (Å²) >= 11 is 5.84. The predicted octanol–water partition coefficient (Wildman–Crippen LogP) is 5.11. The standard InChI is InChI=1S/C19H17ClF3NO3/c1-3-12-4-6-13(7-5-12)18(26)27-11(2)17(25)24-16-10-14(19(21,22)23)8-9-15(16)20/h4-11H,3H2,1-2H3,(H,24,25)/t11-/m1/s1. The third kappa shape index (κ3) is 5.47. The lowest BCUT2D eigenvalue weighted by Crippen LogP contribution is -2.30. The lowest BCUT2D eigenvalue weighted by Gasteiger charge is -2.15. The molecule has 0 heterocycles. The van der Waals surface area contributed by atoms with Gasteiger partial charge in [-0.25, -0.2) is 4.79 Å². The van der Waals surface area contributed by atoms with E-state index in [4.69, 9.17) is 16.3 Å². The molecule has 0 bridgehead atoms. The van der Waals surface area contributed by atoms with Gasteiger partial charge >= 0.3 is 12.1 Å². The van der Waals surface area contributed by atoms with E-state index >= 15 is 0 Å². The van der Waals surface area contributed by atoms with Crippen molar-refractivity contribution in [3.8, 4) is 0 Å². The van der Waals surface area contributed by atoms with Gasteiger partial charge in [0.1, 0.15) is 0 Å². The molecule has 0 aliphatic heterocycles. The van der Waals surface area contributed by atoms with Gasteiger partial charge < -0.3 is 10.1 Å². The van der Waals surface area contributed by atoms with Gasteiger partial charge in [-0.2, -0.15) is 13.2 Å². The molecule has 0 radical (unpaired) electrons. The fourth-order valence-corrected chi connectivity index (χ4v) is 2.36. The number of hydrogen-bond donors (Lipinski definition) is 1. The minimum Gasteiger partial charge on any atom is -0.449 e. The zero-order valence-electron chi connectivity index (χ0n) is 14.6. The van der Waals surface area contributed by atoms with Gasteiger partial charge in [-0.1, -0.05) is 30.7 Å². The Balaban J connectivity index is 2.06. The smallest absolute Gasteiger partial charge is 0.416 e. The Morgan fingerprint density at radius 3 is 2.33 bits per heavy atom. The van der Waals surface area contributed by atoms with Gasteiger partial charge in [0.15, 0.2) is 6.10 Å². The van der Waals surface area contributed by atoms with Crippen molar-refractivity contribution in [1.29, 1.82) is 0 Å². The number of nitrogens with one attached hydrogen (secondary N) is 1. The van der Waals surface area contributed by atoms with Gasteiger partial charge in [0.05, 0.1) is 21.8 Å². The van der Waals surface area contributed by atoms with E-state index in [-0.39, 0.29) is 16.3 Å². The van der Waals surface area contributed by atoms with Crippen LogP contribution in [0.5, 0.6) is 0 Å².